The molecule has 0 radical (unpaired) electrons. The van der Waals surface area contributed by atoms with Gasteiger partial charge in [0.2, 0.25) is 0 Å². The van der Waals surface area contributed by atoms with Crippen molar-refractivity contribution in [3.8, 4) is 6.07 Å². The van der Waals surface area contributed by atoms with Crippen LogP contribution in [-0.4, -0.2) is 18.0 Å². The molecule has 128 valence electrons. The average molecular weight is 333 g/mol. The van der Waals surface area contributed by atoms with E-state index < -0.39 is 0 Å². The highest BCUT2D eigenvalue weighted by atomic mass is 15.2. The zero-order valence-corrected chi connectivity index (χ0v) is 14.3. The molecule has 0 saturated heterocycles. The Labute approximate surface area is 149 Å². The molecule has 0 saturated carbocycles. The quantitative estimate of drug-likeness (QED) is 0.258. The van der Waals surface area contributed by atoms with Gasteiger partial charge in [-0.2, -0.15) is 5.26 Å². The van der Waals surface area contributed by atoms with Crippen molar-refractivity contribution in [1.82, 2.24) is 4.90 Å². The standard InChI is InChI=1S/C20H23N5/c21-14-7-8-15-25(17-18-9-3-1-4-10-18)16-13-20(23-24-22)19-11-5-2-6-12-19/h1-6,9-12,20H,7-8,13,15-17H2. The molecular formula is C20H23N5. The van der Waals surface area contributed by atoms with Crippen LogP contribution in [0, 0.1) is 11.3 Å². The molecule has 0 fully saturated rings. The van der Waals surface area contributed by atoms with E-state index in [-0.39, 0.29) is 6.04 Å². The van der Waals surface area contributed by atoms with Crippen molar-refractivity contribution in [3.05, 3.63) is 82.2 Å². The summed E-state index contributed by atoms with van der Waals surface area (Å²) in [4.78, 5) is 5.34. The molecule has 2 rings (SSSR count). The minimum absolute atomic E-state index is 0.166. The maximum absolute atomic E-state index is 8.88. The van der Waals surface area contributed by atoms with Crippen LogP contribution in [0.4, 0.5) is 0 Å². The van der Waals surface area contributed by atoms with E-state index in [4.69, 9.17) is 10.8 Å². The van der Waals surface area contributed by atoms with Gasteiger partial charge in [0, 0.05) is 17.9 Å². The summed E-state index contributed by atoms with van der Waals surface area (Å²) in [5.41, 5.74) is 11.2. The van der Waals surface area contributed by atoms with E-state index in [1.807, 2.05) is 48.5 Å². The van der Waals surface area contributed by atoms with Crippen molar-refractivity contribution in [1.29, 1.82) is 5.26 Å². The maximum atomic E-state index is 8.88. The molecule has 2 aromatic rings. The molecule has 0 aliphatic rings. The number of hydrogen-bond donors (Lipinski definition) is 0. The third-order valence-electron chi connectivity index (χ3n) is 4.11. The number of hydrogen-bond acceptors (Lipinski definition) is 3. The van der Waals surface area contributed by atoms with Crippen molar-refractivity contribution in [2.45, 2.75) is 31.8 Å². The van der Waals surface area contributed by atoms with E-state index in [0.717, 1.165) is 38.0 Å². The lowest BCUT2D eigenvalue weighted by Crippen LogP contribution is -2.26. The second-order valence-corrected chi connectivity index (χ2v) is 5.94. The Morgan fingerprint density at radius 1 is 1.04 bits per heavy atom. The van der Waals surface area contributed by atoms with E-state index in [9.17, 15) is 0 Å². The van der Waals surface area contributed by atoms with Crippen LogP contribution < -0.4 is 0 Å². The van der Waals surface area contributed by atoms with Crippen molar-refractivity contribution in [3.63, 3.8) is 0 Å². The Bertz CT molecular complexity index is 702. The number of nitriles is 1. The smallest absolute Gasteiger partial charge is 0.0637 e. The summed E-state index contributed by atoms with van der Waals surface area (Å²) in [6, 6.07) is 22.2. The monoisotopic (exact) mass is 333 g/mol. The number of benzene rings is 2. The Morgan fingerprint density at radius 3 is 2.36 bits per heavy atom. The Kier molecular flexibility index (Phi) is 8.07. The van der Waals surface area contributed by atoms with Gasteiger partial charge in [0.15, 0.2) is 0 Å². The minimum atomic E-state index is -0.166. The highest BCUT2D eigenvalue weighted by Crippen LogP contribution is 2.22. The maximum Gasteiger partial charge on any atom is 0.0637 e. The van der Waals surface area contributed by atoms with Crippen LogP contribution in [0.15, 0.2) is 65.8 Å². The van der Waals surface area contributed by atoms with E-state index in [1.54, 1.807) is 0 Å². The molecule has 5 nitrogen and oxygen atoms in total. The van der Waals surface area contributed by atoms with Crippen molar-refractivity contribution in [2.75, 3.05) is 13.1 Å². The molecule has 0 aliphatic carbocycles. The second-order valence-electron chi connectivity index (χ2n) is 5.94. The molecule has 1 atom stereocenters. The van der Waals surface area contributed by atoms with Gasteiger partial charge in [-0.15, -0.1) is 0 Å². The summed E-state index contributed by atoms with van der Waals surface area (Å²) in [6.45, 7) is 2.52. The van der Waals surface area contributed by atoms with E-state index in [2.05, 4.69) is 33.1 Å². The third-order valence-corrected chi connectivity index (χ3v) is 4.11. The molecule has 0 aliphatic heterocycles. The fraction of sp³-hybridized carbons (Fsp3) is 0.350. The van der Waals surface area contributed by atoms with Gasteiger partial charge < -0.3 is 0 Å². The van der Waals surface area contributed by atoms with Crippen LogP contribution in [-0.2, 0) is 6.54 Å². The first kappa shape index (κ1) is 18.5. The van der Waals surface area contributed by atoms with Crippen LogP contribution in [0.5, 0.6) is 0 Å². The molecule has 0 spiro atoms. The van der Waals surface area contributed by atoms with Gasteiger partial charge in [-0.1, -0.05) is 65.8 Å². The van der Waals surface area contributed by atoms with E-state index >= 15 is 0 Å². The summed E-state index contributed by atoms with van der Waals surface area (Å²) >= 11 is 0. The molecule has 25 heavy (non-hydrogen) atoms. The summed E-state index contributed by atoms with van der Waals surface area (Å²) < 4.78 is 0. The molecule has 5 heteroatoms. The van der Waals surface area contributed by atoms with Crippen LogP contribution in [0.25, 0.3) is 10.4 Å². The lowest BCUT2D eigenvalue weighted by atomic mass is 10.0. The second kappa shape index (κ2) is 10.9. The molecule has 2 aromatic carbocycles. The number of rotatable bonds is 10. The zero-order valence-electron chi connectivity index (χ0n) is 14.3. The first-order valence-electron chi connectivity index (χ1n) is 8.56. The largest absolute Gasteiger partial charge is 0.299 e. The van der Waals surface area contributed by atoms with E-state index in [0.29, 0.717) is 6.42 Å². The van der Waals surface area contributed by atoms with Gasteiger partial charge in [0.05, 0.1) is 12.1 Å². The van der Waals surface area contributed by atoms with Gasteiger partial charge in [0.1, 0.15) is 0 Å². The van der Waals surface area contributed by atoms with Gasteiger partial charge in [-0.3, -0.25) is 4.90 Å². The Hall–Kier alpha value is -2.80. The molecule has 0 heterocycles. The highest BCUT2D eigenvalue weighted by molar-refractivity contribution is 5.19. The van der Waals surface area contributed by atoms with Gasteiger partial charge in [-0.05, 0) is 42.6 Å². The summed E-state index contributed by atoms with van der Waals surface area (Å²) in [5, 5.41) is 12.8. The molecule has 1 unspecified atom stereocenters. The first-order valence-corrected chi connectivity index (χ1v) is 8.56. The number of azide groups is 1. The number of nitrogens with zero attached hydrogens (tertiary/aromatic N) is 5. The lowest BCUT2D eigenvalue weighted by molar-refractivity contribution is 0.253. The summed E-state index contributed by atoms with van der Waals surface area (Å²) in [5.74, 6) is 0. The predicted molar refractivity (Wildman–Crippen MR) is 99.5 cm³/mol. The molecular weight excluding hydrogens is 310 g/mol. The number of unbranched alkanes of at least 4 members (excludes halogenated alkanes) is 1. The van der Waals surface area contributed by atoms with Crippen molar-refractivity contribution < 1.29 is 0 Å². The topological polar surface area (TPSA) is 75.8 Å². The van der Waals surface area contributed by atoms with Crippen molar-refractivity contribution in [2.24, 2.45) is 5.11 Å². The summed E-state index contributed by atoms with van der Waals surface area (Å²) in [7, 11) is 0. The zero-order chi connectivity index (χ0) is 17.7. The Balaban J connectivity index is 2.01. The van der Waals surface area contributed by atoms with Gasteiger partial charge in [0.25, 0.3) is 0 Å². The highest BCUT2D eigenvalue weighted by Gasteiger charge is 2.13. The fourth-order valence-electron chi connectivity index (χ4n) is 2.83. The third kappa shape index (κ3) is 6.68. The Morgan fingerprint density at radius 2 is 1.72 bits per heavy atom. The normalized spacial score (nSPS) is 11.5. The molecule has 0 bridgehead atoms. The average Bonchev–Trinajstić information content (AvgIpc) is 2.66. The van der Waals surface area contributed by atoms with Crippen LogP contribution >= 0.6 is 0 Å². The molecule has 0 amide bonds. The summed E-state index contributed by atoms with van der Waals surface area (Å²) in [6.07, 6.45) is 2.16. The first-order chi connectivity index (χ1) is 12.3. The van der Waals surface area contributed by atoms with Crippen LogP contribution in [0.2, 0.25) is 0 Å². The van der Waals surface area contributed by atoms with Crippen LogP contribution in [0.1, 0.15) is 36.4 Å². The molecule has 0 N–H and O–H groups in total. The lowest BCUT2D eigenvalue weighted by Gasteiger charge is -2.24. The van der Waals surface area contributed by atoms with Gasteiger partial charge in [-0.25, -0.2) is 0 Å². The van der Waals surface area contributed by atoms with Gasteiger partial charge >= 0.3 is 0 Å². The fourth-order valence-corrected chi connectivity index (χ4v) is 2.83. The minimum Gasteiger partial charge on any atom is -0.299 e. The molecule has 0 aromatic heterocycles. The predicted octanol–water partition coefficient (Wildman–Crippen LogP) is 5.23. The van der Waals surface area contributed by atoms with E-state index in [1.165, 1.54) is 5.56 Å². The van der Waals surface area contributed by atoms with Crippen molar-refractivity contribution >= 4 is 0 Å². The SMILES string of the molecule is N#CCCCN(CCC(N=[N+]=[N-])c1ccccc1)Cc1ccccc1. The van der Waals surface area contributed by atoms with Crippen LogP contribution in [0.3, 0.4) is 0 Å².